The zero-order valence-corrected chi connectivity index (χ0v) is 10.7. The van der Waals surface area contributed by atoms with Crippen molar-refractivity contribution in [3.63, 3.8) is 0 Å². The summed E-state index contributed by atoms with van der Waals surface area (Å²) in [7, 11) is 0. The van der Waals surface area contributed by atoms with E-state index in [1.54, 1.807) is 12.1 Å². The molecule has 2 heterocycles. The van der Waals surface area contributed by atoms with Crippen molar-refractivity contribution in [3.05, 3.63) is 45.9 Å². The summed E-state index contributed by atoms with van der Waals surface area (Å²) in [5, 5.41) is 2.76. The molecule has 2 aromatic heterocycles. The topological polar surface area (TPSA) is 67.8 Å². The number of nitrogens with one attached hydrogen (secondary N) is 1. The summed E-state index contributed by atoms with van der Waals surface area (Å²) < 4.78 is 0.799. The molecule has 0 fully saturated rings. The van der Waals surface area contributed by atoms with Gasteiger partial charge in [0.15, 0.2) is 0 Å². The lowest BCUT2D eigenvalue weighted by atomic mass is 10.3. The van der Waals surface area contributed by atoms with Gasteiger partial charge in [0.05, 0.1) is 0 Å². The Kier molecular flexibility index (Phi) is 3.65. The SMILES string of the molecule is O=C(Nc1nccc(Cl)n1)c1ccc(Br)cn1. The van der Waals surface area contributed by atoms with Crippen molar-refractivity contribution in [2.75, 3.05) is 5.32 Å². The predicted octanol–water partition coefficient (Wildman–Crippen LogP) is 2.54. The fraction of sp³-hybridized carbons (Fsp3) is 0. The van der Waals surface area contributed by atoms with Gasteiger partial charge in [0.1, 0.15) is 10.8 Å². The van der Waals surface area contributed by atoms with Crippen LogP contribution in [0.3, 0.4) is 0 Å². The second kappa shape index (κ2) is 5.20. The predicted molar refractivity (Wildman–Crippen MR) is 66.9 cm³/mol. The molecule has 0 radical (unpaired) electrons. The molecule has 0 saturated heterocycles. The van der Waals surface area contributed by atoms with Gasteiger partial charge in [-0.25, -0.2) is 15.0 Å². The lowest BCUT2D eigenvalue weighted by Gasteiger charge is -2.02. The van der Waals surface area contributed by atoms with Gasteiger partial charge in [-0.15, -0.1) is 0 Å². The fourth-order valence-corrected chi connectivity index (χ4v) is 1.44. The van der Waals surface area contributed by atoms with Crippen molar-refractivity contribution in [3.8, 4) is 0 Å². The molecule has 0 aliphatic rings. The van der Waals surface area contributed by atoms with Crippen LogP contribution in [0.4, 0.5) is 5.95 Å². The number of carbonyl (C=O) groups is 1. The number of aromatic nitrogens is 3. The van der Waals surface area contributed by atoms with Crippen LogP contribution in [0.25, 0.3) is 0 Å². The minimum absolute atomic E-state index is 0.146. The van der Waals surface area contributed by atoms with Gasteiger partial charge in [0, 0.05) is 16.9 Å². The van der Waals surface area contributed by atoms with Crippen LogP contribution in [0.2, 0.25) is 5.15 Å². The van der Waals surface area contributed by atoms with Crippen molar-refractivity contribution >= 4 is 39.4 Å². The first-order valence-electron chi connectivity index (χ1n) is 4.56. The molecule has 2 rings (SSSR count). The van der Waals surface area contributed by atoms with E-state index in [0.717, 1.165) is 4.47 Å². The molecule has 0 aliphatic carbocycles. The van der Waals surface area contributed by atoms with E-state index in [1.165, 1.54) is 18.5 Å². The van der Waals surface area contributed by atoms with Crippen LogP contribution in [0.5, 0.6) is 0 Å². The summed E-state index contributed by atoms with van der Waals surface area (Å²) in [6.45, 7) is 0. The van der Waals surface area contributed by atoms with Gasteiger partial charge in [-0.1, -0.05) is 11.6 Å². The molecule has 0 bridgehead atoms. The van der Waals surface area contributed by atoms with Crippen LogP contribution >= 0.6 is 27.5 Å². The van der Waals surface area contributed by atoms with E-state index in [1.807, 2.05) is 0 Å². The summed E-state index contributed by atoms with van der Waals surface area (Å²) in [6, 6.07) is 4.83. The maximum Gasteiger partial charge on any atom is 0.276 e. The molecular formula is C10H6BrClN4O. The summed E-state index contributed by atoms with van der Waals surface area (Å²) in [5.41, 5.74) is 0.275. The summed E-state index contributed by atoms with van der Waals surface area (Å²) in [6.07, 6.45) is 2.99. The standard InChI is InChI=1S/C10H6BrClN4O/c11-6-1-2-7(14-5-6)9(17)16-10-13-4-3-8(12)15-10/h1-5H,(H,13,15,16,17). The lowest BCUT2D eigenvalue weighted by Crippen LogP contribution is -2.15. The minimum atomic E-state index is -0.389. The molecule has 0 unspecified atom stereocenters. The quantitative estimate of drug-likeness (QED) is 0.865. The average Bonchev–Trinajstić information content (AvgIpc) is 2.29. The molecule has 0 atom stereocenters. The zero-order valence-electron chi connectivity index (χ0n) is 8.39. The highest BCUT2D eigenvalue weighted by Gasteiger charge is 2.08. The van der Waals surface area contributed by atoms with Crippen LogP contribution in [-0.4, -0.2) is 20.9 Å². The van der Waals surface area contributed by atoms with Crippen LogP contribution in [0, 0.1) is 0 Å². The van der Waals surface area contributed by atoms with Gasteiger partial charge in [-0.3, -0.25) is 10.1 Å². The Bertz CT molecular complexity index is 546. The van der Waals surface area contributed by atoms with Crippen LogP contribution in [0.1, 0.15) is 10.5 Å². The minimum Gasteiger partial charge on any atom is -0.289 e. The Balaban J connectivity index is 2.14. The Morgan fingerprint density at radius 2 is 2.12 bits per heavy atom. The molecule has 0 spiro atoms. The highest BCUT2D eigenvalue weighted by molar-refractivity contribution is 9.10. The Hall–Kier alpha value is -1.53. The number of pyridine rings is 1. The van der Waals surface area contributed by atoms with Crippen molar-refractivity contribution in [2.24, 2.45) is 0 Å². The second-order valence-corrected chi connectivity index (χ2v) is 4.32. The Morgan fingerprint density at radius 1 is 1.29 bits per heavy atom. The molecule has 0 aliphatic heterocycles. The fourth-order valence-electron chi connectivity index (χ4n) is 1.07. The molecular weight excluding hydrogens is 307 g/mol. The first-order valence-corrected chi connectivity index (χ1v) is 5.74. The number of hydrogen-bond acceptors (Lipinski definition) is 4. The molecule has 5 nitrogen and oxygen atoms in total. The number of nitrogens with zero attached hydrogens (tertiary/aromatic N) is 3. The largest absolute Gasteiger partial charge is 0.289 e. The molecule has 1 amide bonds. The average molecular weight is 314 g/mol. The molecule has 1 N–H and O–H groups in total. The normalized spacial score (nSPS) is 10.0. The van der Waals surface area contributed by atoms with Crippen LogP contribution in [-0.2, 0) is 0 Å². The van der Waals surface area contributed by atoms with Gasteiger partial charge in [-0.05, 0) is 34.1 Å². The van der Waals surface area contributed by atoms with Gasteiger partial charge in [0.2, 0.25) is 5.95 Å². The number of rotatable bonds is 2. The molecule has 17 heavy (non-hydrogen) atoms. The first kappa shape index (κ1) is 11.9. The number of carbonyl (C=O) groups excluding carboxylic acids is 1. The molecule has 0 saturated carbocycles. The van der Waals surface area contributed by atoms with E-state index in [9.17, 15) is 4.79 Å². The summed E-state index contributed by atoms with van der Waals surface area (Å²) in [5.74, 6) is -0.244. The third-order valence-electron chi connectivity index (χ3n) is 1.81. The third kappa shape index (κ3) is 3.21. The summed E-state index contributed by atoms with van der Waals surface area (Å²) >= 11 is 8.91. The Morgan fingerprint density at radius 3 is 2.76 bits per heavy atom. The van der Waals surface area contributed by atoms with Crippen molar-refractivity contribution < 1.29 is 4.79 Å². The van der Waals surface area contributed by atoms with E-state index < -0.39 is 0 Å². The van der Waals surface area contributed by atoms with Crippen molar-refractivity contribution in [1.29, 1.82) is 0 Å². The molecule has 2 aromatic rings. The highest BCUT2D eigenvalue weighted by atomic mass is 79.9. The van der Waals surface area contributed by atoms with Gasteiger partial charge >= 0.3 is 0 Å². The highest BCUT2D eigenvalue weighted by Crippen LogP contribution is 2.09. The van der Waals surface area contributed by atoms with E-state index >= 15 is 0 Å². The van der Waals surface area contributed by atoms with Crippen molar-refractivity contribution in [1.82, 2.24) is 15.0 Å². The third-order valence-corrected chi connectivity index (χ3v) is 2.49. The van der Waals surface area contributed by atoms with E-state index in [2.05, 4.69) is 36.2 Å². The lowest BCUT2D eigenvalue weighted by molar-refractivity contribution is 0.102. The van der Waals surface area contributed by atoms with Gasteiger partial charge in [0.25, 0.3) is 5.91 Å². The number of amides is 1. The first-order chi connectivity index (χ1) is 8.15. The number of halogens is 2. The maximum absolute atomic E-state index is 11.7. The summed E-state index contributed by atoms with van der Waals surface area (Å²) in [4.78, 5) is 23.4. The van der Waals surface area contributed by atoms with Gasteiger partial charge in [-0.2, -0.15) is 0 Å². The van der Waals surface area contributed by atoms with Crippen molar-refractivity contribution in [2.45, 2.75) is 0 Å². The van der Waals surface area contributed by atoms with E-state index in [4.69, 9.17) is 11.6 Å². The number of hydrogen-bond donors (Lipinski definition) is 1. The van der Waals surface area contributed by atoms with E-state index in [0.29, 0.717) is 0 Å². The van der Waals surface area contributed by atoms with Crippen LogP contribution in [0.15, 0.2) is 35.1 Å². The molecule has 86 valence electrons. The molecule has 0 aromatic carbocycles. The zero-order chi connectivity index (χ0) is 12.3. The smallest absolute Gasteiger partial charge is 0.276 e. The second-order valence-electron chi connectivity index (χ2n) is 3.02. The van der Waals surface area contributed by atoms with Crippen LogP contribution < -0.4 is 5.32 Å². The van der Waals surface area contributed by atoms with E-state index in [-0.39, 0.29) is 22.7 Å². The monoisotopic (exact) mass is 312 g/mol. The van der Waals surface area contributed by atoms with Gasteiger partial charge < -0.3 is 0 Å². The Labute approximate surface area is 110 Å². The maximum atomic E-state index is 11.7. The number of anilines is 1. The molecule has 7 heteroatoms.